The minimum atomic E-state index is -1.38. The zero-order chi connectivity index (χ0) is 32.5. The quantitative estimate of drug-likeness (QED) is 0.201. The molecule has 2 aliphatic carbocycles. The number of ether oxygens (including phenoxy) is 1. The minimum Gasteiger partial charge on any atom is -0.504 e. The molecule has 2 N–H and O–H groups in total. The summed E-state index contributed by atoms with van der Waals surface area (Å²) >= 11 is 2.04. The van der Waals surface area contributed by atoms with E-state index < -0.39 is 40.9 Å². The number of benzene rings is 3. The van der Waals surface area contributed by atoms with E-state index in [9.17, 15) is 19.5 Å². The number of hydrogen-bond donors (Lipinski definition) is 2. The first kappa shape index (κ1) is 30.5. The highest BCUT2D eigenvalue weighted by Gasteiger charge is 2.70. The first-order valence-electron chi connectivity index (χ1n) is 15.5. The van der Waals surface area contributed by atoms with Crippen molar-refractivity contribution in [2.75, 3.05) is 19.1 Å². The Morgan fingerprint density at radius 3 is 2.37 bits per heavy atom. The highest BCUT2D eigenvalue weighted by Crippen LogP contribution is 2.64. The van der Waals surface area contributed by atoms with Gasteiger partial charge in [0.1, 0.15) is 0 Å². The van der Waals surface area contributed by atoms with Crippen molar-refractivity contribution in [3.63, 3.8) is 0 Å². The van der Waals surface area contributed by atoms with E-state index in [2.05, 4.69) is 5.43 Å². The van der Waals surface area contributed by atoms with Gasteiger partial charge in [-0.1, -0.05) is 59.7 Å². The number of methoxy groups -OCH3 is 1. The third-order valence-corrected chi connectivity index (χ3v) is 11.2. The summed E-state index contributed by atoms with van der Waals surface area (Å²) in [4.78, 5) is 58.4. The number of carbonyl (C=O) groups excluding carboxylic acids is 4. The normalized spacial score (nSPS) is 28.5. The third-order valence-electron chi connectivity index (χ3n) is 10.4. The zero-order valence-electron chi connectivity index (χ0n) is 25.7. The molecule has 4 aliphatic rings. The first-order chi connectivity index (χ1) is 22.1. The van der Waals surface area contributed by atoms with Crippen LogP contribution in [0.5, 0.6) is 11.5 Å². The van der Waals surface area contributed by atoms with Gasteiger partial charge in [-0.15, -0.1) is 0 Å². The summed E-state index contributed by atoms with van der Waals surface area (Å²) in [6.45, 7) is 4.04. The molecular formula is C36H34IN3O6. The maximum Gasteiger partial charge on any atom is 0.260 e. The number of hydrogen-bond acceptors (Lipinski definition) is 7. The van der Waals surface area contributed by atoms with E-state index in [1.54, 1.807) is 13.0 Å². The number of nitrogens with one attached hydrogen (secondary N) is 1. The Kier molecular flexibility index (Phi) is 7.45. The lowest BCUT2D eigenvalue weighted by Gasteiger charge is -2.50. The molecule has 3 aromatic carbocycles. The van der Waals surface area contributed by atoms with Crippen molar-refractivity contribution in [2.45, 2.75) is 38.0 Å². The maximum atomic E-state index is 15.2. The number of carbonyl (C=O) groups is 4. The van der Waals surface area contributed by atoms with Crippen LogP contribution in [0.2, 0.25) is 0 Å². The lowest BCUT2D eigenvalue weighted by molar-refractivity contribution is -0.141. The third kappa shape index (κ3) is 4.25. The fourth-order valence-corrected chi connectivity index (χ4v) is 9.04. The number of nitrogens with zero attached hydrogens (tertiary/aromatic N) is 2. The molecule has 0 radical (unpaired) electrons. The maximum absolute atomic E-state index is 15.2. The predicted molar refractivity (Wildman–Crippen MR) is 179 cm³/mol. The molecule has 1 saturated carbocycles. The Balaban J connectivity index is 1.48. The molecule has 9 nitrogen and oxygen atoms in total. The highest BCUT2D eigenvalue weighted by atomic mass is 127. The molecule has 46 heavy (non-hydrogen) atoms. The molecule has 0 aromatic heterocycles. The Labute approximate surface area is 280 Å². The Morgan fingerprint density at radius 1 is 0.978 bits per heavy atom. The van der Waals surface area contributed by atoms with Crippen LogP contribution in [0.15, 0.2) is 78.4 Å². The number of imide groups is 2. The van der Waals surface area contributed by atoms with Crippen LogP contribution in [-0.4, -0.2) is 52.3 Å². The van der Waals surface area contributed by atoms with E-state index in [0.717, 1.165) is 16.1 Å². The Hall–Kier alpha value is -4.19. The fourth-order valence-electron chi connectivity index (χ4n) is 8.42. The van der Waals surface area contributed by atoms with Gasteiger partial charge in [0.15, 0.2) is 11.5 Å². The number of likely N-dealkylation sites (tertiary alicyclic amines) is 1. The lowest BCUT2D eigenvalue weighted by Crippen LogP contribution is -2.53. The Bertz CT molecular complexity index is 1810. The summed E-state index contributed by atoms with van der Waals surface area (Å²) in [6, 6.07) is 20.4. The van der Waals surface area contributed by atoms with Crippen LogP contribution in [0.4, 0.5) is 5.69 Å². The average Bonchev–Trinajstić information content (AvgIpc) is 3.44. The van der Waals surface area contributed by atoms with Crippen LogP contribution in [0, 0.1) is 34.2 Å². The van der Waals surface area contributed by atoms with E-state index in [4.69, 9.17) is 4.74 Å². The molecule has 0 bridgehead atoms. The SMILES string of the molecule is CCN1C(=O)C2CC=C3C(CC4C(=O)N(Nc5ccc(C)cc5)C(=O)C4(c4ccccc4)C3c3cc(I)c(O)c(OC)c3)C2C1=O. The van der Waals surface area contributed by atoms with Gasteiger partial charge in [-0.05, 0) is 90.6 Å². The second-order valence-electron chi connectivity index (χ2n) is 12.6. The van der Waals surface area contributed by atoms with Crippen molar-refractivity contribution in [1.82, 2.24) is 9.91 Å². The van der Waals surface area contributed by atoms with Gasteiger partial charge in [0.25, 0.3) is 11.8 Å². The fraction of sp³-hybridized carbons (Fsp3) is 0.333. The number of phenols is 1. The second-order valence-corrected chi connectivity index (χ2v) is 13.7. The van der Waals surface area contributed by atoms with Gasteiger partial charge < -0.3 is 9.84 Å². The van der Waals surface area contributed by atoms with Crippen molar-refractivity contribution < 1.29 is 29.0 Å². The first-order valence-corrected chi connectivity index (χ1v) is 16.6. The standard InChI is InChI=1S/C36H34IN3O6/c1-4-39-32(42)24-15-14-23-25(29(24)34(39)44)18-26-33(43)40(38-22-12-10-19(2)11-13-22)35(45)36(26,21-8-6-5-7-9-21)30(23)20-16-27(37)31(41)28(17-20)46-3/h5-14,16-17,24-26,29-30,38,41H,4,15,18H2,1-3H3. The molecule has 6 atom stereocenters. The number of rotatable bonds is 6. The second kappa shape index (κ2) is 11.3. The number of aromatic hydroxyl groups is 1. The average molecular weight is 732 g/mol. The van der Waals surface area contributed by atoms with E-state index >= 15 is 4.79 Å². The molecule has 3 aromatic rings. The van der Waals surface area contributed by atoms with Gasteiger partial charge in [-0.25, -0.2) is 0 Å². The summed E-state index contributed by atoms with van der Waals surface area (Å²) in [5, 5.41) is 12.0. The van der Waals surface area contributed by atoms with Gasteiger partial charge in [0.05, 0.1) is 39.5 Å². The van der Waals surface area contributed by atoms with Crippen LogP contribution < -0.4 is 10.2 Å². The number of phenolic OH excluding ortho intramolecular Hbond substituents is 1. The van der Waals surface area contributed by atoms with Crippen molar-refractivity contribution in [2.24, 2.45) is 23.7 Å². The van der Waals surface area contributed by atoms with E-state index in [1.807, 2.05) is 96.3 Å². The topological polar surface area (TPSA) is 116 Å². The van der Waals surface area contributed by atoms with Crippen LogP contribution >= 0.6 is 22.6 Å². The van der Waals surface area contributed by atoms with Crippen molar-refractivity contribution >= 4 is 51.9 Å². The van der Waals surface area contributed by atoms with Crippen LogP contribution in [-0.2, 0) is 24.6 Å². The molecule has 7 rings (SSSR count). The number of anilines is 1. The van der Waals surface area contributed by atoms with Crippen LogP contribution in [0.25, 0.3) is 0 Å². The summed E-state index contributed by atoms with van der Waals surface area (Å²) in [7, 11) is 1.47. The number of fused-ring (bicyclic) bond motifs is 4. The predicted octanol–water partition coefficient (Wildman–Crippen LogP) is 5.32. The highest BCUT2D eigenvalue weighted by molar-refractivity contribution is 14.1. The molecule has 4 amide bonds. The summed E-state index contributed by atoms with van der Waals surface area (Å²) in [5.41, 5.74) is 5.60. The summed E-state index contributed by atoms with van der Waals surface area (Å²) in [5.74, 6) is -4.06. The molecule has 0 spiro atoms. The molecule has 2 aliphatic heterocycles. The molecule has 2 saturated heterocycles. The minimum absolute atomic E-state index is 0.0196. The van der Waals surface area contributed by atoms with Crippen molar-refractivity contribution in [3.05, 3.63) is 98.6 Å². The number of aryl methyl sites for hydroxylation is 1. The van der Waals surface area contributed by atoms with Gasteiger partial charge >= 0.3 is 0 Å². The molecule has 2 heterocycles. The number of halogens is 1. The van der Waals surface area contributed by atoms with Crippen molar-refractivity contribution in [1.29, 1.82) is 0 Å². The summed E-state index contributed by atoms with van der Waals surface area (Å²) < 4.78 is 6.10. The summed E-state index contributed by atoms with van der Waals surface area (Å²) in [6.07, 6.45) is 2.63. The number of allylic oxidation sites excluding steroid dienone is 2. The largest absolute Gasteiger partial charge is 0.504 e. The zero-order valence-corrected chi connectivity index (χ0v) is 27.9. The molecule has 3 fully saturated rings. The number of amides is 4. The molecule has 6 unspecified atom stereocenters. The van der Waals surface area contributed by atoms with Gasteiger partial charge in [-0.2, -0.15) is 5.01 Å². The van der Waals surface area contributed by atoms with Crippen LogP contribution in [0.1, 0.15) is 42.4 Å². The van der Waals surface area contributed by atoms with Gasteiger partial charge in [0, 0.05) is 12.5 Å². The monoisotopic (exact) mass is 731 g/mol. The van der Waals surface area contributed by atoms with E-state index in [0.29, 0.717) is 26.8 Å². The van der Waals surface area contributed by atoms with Crippen LogP contribution in [0.3, 0.4) is 0 Å². The Morgan fingerprint density at radius 2 is 1.70 bits per heavy atom. The van der Waals surface area contributed by atoms with E-state index in [-0.39, 0.29) is 42.2 Å². The van der Waals surface area contributed by atoms with Crippen molar-refractivity contribution in [3.8, 4) is 11.5 Å². The molecule has 10 heteroatoms. The molecule has 236 valence electrons. The number of hydrazine groups is 1. The van der Waals surface area contributed by atoms with Gasteiger partial charge in [0.2, 0.25) is 11.8 Å². The lowest BCUT2D eigenvalue weighted by atomic mass is 9.49. The molecular weight excluding hydrogens is 697 g/mol. The van der Waals surface area contributed by atoms with Gasteiger partial charge in [-0.3, -0.25) is 29.5 Å². The smallest absolute Gasteiger partial charge is 0.260 e. The van der Waals surface area contributed by atoms with E-state index in [1.165, 1.54) is 12.0 Å².